The molecule has 7 aromatic carbocycles. The first-order valence-electron chi connectivity index (χ1n) is 20.5. The Bertz CT molecular complexity index is 2460. The fourth-order valence-corrected chi connectivity index (χ4v) is 5.49. The van der Waals surface area contributed by atoms with Gasteiger partial charge in [0.25, 0.3) is 0 Å². The van der Waals surface area contributed by atoms with Crippen LogP contribution in [0.25, 0.3) is 10.8 Å². The van der Waals surface area contributed by atoms with E-state index >= 15 is 0 Å². The summed E-state index contributed by atoms with van der Waals surface area (Å²) in [6.07, 6.45) is 2.87. The molecule has 13 heteroatoms. The van der Waals surface area contributed by atoms with Gasteiger partial charge in [0.1, 0.15) is 40.3 Å². The Balaban J connectivity index is 0.000000272. The number of benzene rings is 7. The van der Waals surface area contributed by atoms with Gasteiger partial charge in [-0.1, -0.05) is 92.2 Å². The normalized spacial score (nSPS) is 10.8. The molecule has 7 aromatic rings. The number of rotatable bonds is 8. The lowest BCUT2D eigenvalue weighted by Crippen LogP contribution is -2.30. The summed E-state index contributed by atoms with van der Waals surface area (Å²) in [5, 5.41) is 82.8. The smallest absolute Gasteiger partial charge is 0.157 e. The van der Waals surface area contributed by atoms with E-state index in [4.69, 9.17) is 42.1 Å². The number of fused-ring (bicyclic) bond motifs is 1. The molecule has 7 rings (SSSR count). The Morgan fingerprint density at radius 3 is 1.28 bits per heavy atom. The zero-order chi connectivity index (χ0) is 48.5. The van der Waals surface area contributed by atoms with Gasteiger partial charge >= 0.3 is 0 Å². The number of ketones is 2. The number of hydrogen-bond donors (Lipinski definition) is 11. The molecule has 0 saturated carbocycles. The van der Waals surface area contributed by atoms with Crippen LogP contribution in [0.1, 0.15) is 49.4 Å². The van der Waals surface area contributed by atoms with Crippen LogP contribution < -0.4 is 11.5 Å². The van der Waals surface area contributed by atoms with Crippen molar-refractivity contribution in [3.8, 4) is 51.7 Å². The number of aromatic hydroxyl groups is 9. The molecule has 0 aliphatic carbocycles. The lowest BCUT2D eigenvalue weighted by atomic mass is 10.0. The number of nitrogens with two attached hydrogens (primary N) is 2. The van der Waals surface area contributed by atoms with Crippen LogP contribution in [0.15, 0.2) is 152 Å². The summed E-state index contributed by atoms with van der Waals surface area (Å²) < 4.78 is 0. The number of hydrogen-bond acceptors (Lipinski definition) is 13. The number of carbonyl (C=O) groups excluding carboxylic acids is 2. The molecule has 65 heavy (non-hydrogen) atoms. The van der Waals surface area contributed by atoms with Gasteiger partial charge in [0.15, 0.2) is 23.0 Å². The van der Waals surface area contributed by atoms with E-state index in [9.17, 15) is 24.9 Å². The summed E-state index contributed by atoms with van der Waals surface area (Å²) in [5.41, 5.74) is 14.9. The summed E-state index contributed by atoms with van der Waals surface area (Å²) in [6.45, 7) is 6.92. The van der Waals surface area contributed by atoms with E-state index in [1.165, 1.54) is 32.0 Å². The molecular formula is C52H60N2O11. The molecule has 0 unspecified atom stereocenters. The molecule has 344 valence electrons. The predicted octanol–water partition coefficient (Wildman–Crippen LogP) is 8.80. The number of phenolic OH excluding ortho intramolecular Hbond substituents is 9. The first kappa shape index (κ1) is 53.4. The van der Waals surface area contributed by atoms with Gasteiger partial charge in [0, 0.05) is 0 Å². The first-order chi connectivity index (χ1) is 30.8. The fourth-order valence-electron chi connectivity index (χ4n) is 5.49. The fraction of sp³-hybridized carbons (Fsp3) is 0.192. The summed E-state index contributed by atoms with van der Waals surface area (Å²) >= 11 is 0. The number of phenols is 9. The molecule has 2 atom stereocenters. The minimum Gasteiger partial charge on any atom is -0.508 e. The maximum atomic E-state index is 10.9. The van der Waals surface area contributed by atoms with E-state index < -0.39 is 12.1 Å². The molecule has 0 aliphatic rings. The number of carbonyl (C=O) groups is 2. The lowest BCUT2D eigenvalue weighted by molar-refractivity contribution is -0.119. The van der Waals surface area contributed by atoms with E-state index in [2.05, 4.69) is 6.92 Å². The zero-order valence-corrected chi connectivity index (χ0v) is 36.9. The molecular weight excluding hydrogens is 829 g/mol. The van der Waals surface area contributed by atoms with E-state index in [1.807, 2.05) is 43.3 Å². The van der Waals surface area contributed by atoms with Crippen LogP contribution in [0, 0.1) is 6.92 Å². The average Bonchev–Trinajstić information content (AvgIpc) is 3.26. The Hall–Kier alpha value is -7.74. The molecule has 13 N–H and O–H groups in total. The number of Topliss-reactive ketones (excluding diaryl/α,β-unsaturated/α-hetero) is 2. The monoisotopic (exact) mass is 888 g/mol. The molecule has 0 radical (unpaired) electrons. The predicted molar refractivity (Wildman–Crippen MR) is 255 cm³/mol. The number of aryl methyl sites for hydroxylation is 2. The molecule has 0 bridgehead atoms. The standard InChI is InChI=1S/C10H13NO3.C10H13NO2.C10H8O2.C9H12O2.C7H8O.C6H6O/c1-6(12)8(11)4-7-2-3-9(13)10(14)5-7;1-7(12)10(11)6-8-2-4-9(13)5-3-8;11-8-5-1-3-7-4-2-6-9(12)10(7)8;1-2-3-7-4-5-8(10)9(11)6-7;1-6-3-2-4-7(8)5-6;7-6-4-2-1-3-5-6/h2-3,5,8,13-14H,4,11H2,1H3;2-5,10,13H,6,11H2,1H3;1-6,11-12H;4-6,10-11H,2-3H2,1H3;2-5,8H,1H3;1-5,7H/t8-;10-;;;;/m00..../s1. The summed E-state index contributed by atoms with van der Waals surface area (Å²) in [4.78, 5) is 21.7. The van der Waals surface area contributed by atoms with Crippen LogP contribution in [0.2, 0.25) is 0 Å². The van der Waals surface area contributed by atoms with Crippen molar-refractivity contribution in [2.75, 3.05) is 0 Å². The first-order valence-corrected chi connectivity index (χ1v) is 20.5. The van der Waals surface area contributed by atoms with E-state index in [0.29, 0.717) is 29.7 Å². The Kier molecular flexibility index (Phi) is 23.0. The highest BCUT2D eigenvalue weighted by molar-refractivity contribution is 5.93. The van der Waals surface area contributed by atoms with Crippen molar-refractivity contribution < 1.29 is 55.5 Å². The summed E-state index contributed by atoms with van der Waals surface area (Å²) in [5.74, 6) is 0.540. The number of para-hydroxylation sites is 1. The largest absolute Gasteiger partial charge is 0.508 e. The van der Waals surface area contributed by atoms with Gasteiger partial charge < -0.3 is 57.4 Å². The summed E-state index contributed by atoms with van der Waals surface area (Å²) in [6, 6.07) is 41.2. The van der Waals surface area contributed by atoms with E-state index in [0.717, 1.165) is 40.5 Å². The van der Waals surface area contributed by atoms with Crippen LogP contribution in [0.3, 0.4) is 0 Å². The van der Waals surface area contributed by atoms with Crippen molar-refractivity contribution in [1.29, 1.82) is 0 Å². The third-order valence-electron chi connectivity index (χ3n) is 9.13. The minimum absolute atomic E-state index is 0.0203. The Morgan fingerprint density at radius 2 is 0.877 bits per heavy atom. The third kappa shape index (κ3) is 20.8. The van der Waals surface area contributed by atoms with Gasteiger partial charge in [-0.15, -0.1) is 0 Å². The second kappa shape index (κ2) is 28.1. The van der Waals surface area contributed by atoms with Gasteiger partial charge in [-0.25, -0.2) is 0 Å². The van der Waals surface area contributed by atoms with Crippen molar-refractivity contribution in [3.63, 3.8) is 0 Å². The van der Waals surface area contributed by atoms with Gasteiger partial charge in [-0.05, 0) is 140 Å². The Morgan fingerprint density at radius 1 is 0.446 bits per heavy atom. The second-order valence-corrected chi connectivity index (χ2v) is 14.7. The summed E-state index contributed by atoms with van der Waals surface area (Å²) in [7, 11) is 0. The highest BCUT2D eigenvalue weighted by Crippen LogP contribution is 2.32. The van der Waals surface area contributed by atoms with Gasteiger partial charge in [0.2, 0.25) is 0 Å². The maximum Gasteiger partial charge on any atom is 0.157 e. The SMILES string of the molecule is CC(=O)[C@@H](N)Cc1ccc(O)c(O)c1.CC(=O)[C@@H](N)Cc1ccc(O)cc1.CCCc1ccc(O)c(O)c1.Cc1cccc(O)c1.Oc1cccc2cccc(O)c12.Oc1ccccc1. The van der Waals surface area contributed by atoms with E-state index in [1.54, 1.807) is 97.1 Å². The molecule has 0 spiro atoms. The Labute approximate surface area is 379 Å². The van der Waals surface area contributed by atoms with Gasteiger partial charge in [-0.2, -0.15) is 0 Å². The molecule has 13 nitrogen and oxygen atoms in total. The molecule has 0 saturated heterocycles. The van der Waals surface area contributed by atoms with Crippen LogP contribution in [0.4, 0.5) is 0 Å². The van der Waals surface area contributed by atoms with Crippen molar-refractivity contribution in [3.05, 3.63) is 174 Å². The second-order valence-electron chi connectivity index (χ2n) is 14.7. The van der Waals surface area contributed by atoms with Crippen LogP contribution >= 0.6 is 0 Å². The molecule has 0 heterocycles. The van der Waals surface area contributed by atoms with Crippen molar-refractivity contribution >= 4 is 22.3 Å². The lowest BCUT2D eigenvalue weighted by Gasteiger charge is -2.08. The minimum atomic E-state index is -0.557. The van der Waals surface area contributed by atoms with Crippen molar-refractivity contribution in [2.24, 2.45) is 11.5 Å². The average molecular weight is 889 g/mol. The quantitative estimate of drug-likeness (QED) is 0.0638. The molecule has 0 fully saturated rings. The molecule has 0 aliphatic heterocycles. The van der Waals surface area contributed by atoms with Crippen molar-refractivity contribution in [2.45, 2.75) is 65.5 Å². The maximum absolute atomic E-state index is 10.9. The highest BCUT2D eigenvalue weighted by atomic mass is 16.3. The van der Waals surface area contributed by atoms with Crippen LogP contribution in [-0.2, 0) is 28.9 Å². The third-order valence-corrected chi connectivity index (χ3v) is 9.13. The van der Waals surface area contributed by atoms with Crippen molar-refractivity contribution in [1.82, 2.24) is 0 Å². The molecule has 0 aromatic heterocycles. The molecule has 0 amide bonds. The zero-order valence-electron chi connectivity index (χ0n) is 36.9. The topological polar surface area (TPSA) is 268 Å². The highest BCUT2D eigenvalue weighted by Gasteiger charge is 2.11. The van der Waals surface area contributed by atoms with Gasteiger partial charge in [-0.3, -0.25) is 9.59 Å². The van der Waals surface area contributed by atoms with E-state index in [-0.39, 0.29) is 51.8 Å². The van der Waals surface area contributed by atoms with Gasteiger partial charge in [0.05, 0.1) is 17.5 Å². The van der Waals surface area contributed by atoms with Crippen LogP contribution in [-0.4, -0.2) is 69.6 Å². The van der Waals surface area contributed by atoms with Crippen LogP contribution in [0.5, 0.6) is 51.7 Å².